The zero-order valence-electron chi connectivity index (χ0n) is 7.90. The Kier molecular flexibility index (Phi) is 2.60. The van der Waals surface area contributed by atoms with E-state index in [1.165, 1.54) is 0 Å². The fraction of sp³-hybridized carbons (Fsp3) is 0.444. The van der Waals surface area contributed by atoms with Crippen molar-refractivity contribution >= 4 is 27.4 Å². The maximum absolute atomic E-state index is 5.84. The Labute approximate surface area is 91.2 Å². The molecule has 0 bridgehead atoms. The molecule has 0 aromatic carbocycles. The summed E-state index contributed by atoms with van der Waals surface area (Å²) in [6, 6.07) is 1.86. The number of hydrogen-bond acceptors (Lipinski definition) is 4. The normalized spacial score (nSPS) is 16.9. The largest absolute Gasteiger partial charge is 0.396 e. The van der Waals surface area contributed by atoms with Gasteiger partial charge < -0.3 is 15.4 Å². The first-order chi connectivity index (χ1) is 6.70. The average Bonchev–Trinajstić information content (AvgIpc) is 2.06. The quantitative estimate of drug-likeness (QED) is 0.867. The Hall–Kier alpha value is -0.810. The highest BCUT2D eigenvalue weighted by Gasteiger charge is 2.28. The molecule has 1 saturated heterocycles. The number of methoxy groups -OCH3 is 1. The number of anilines is 2. The highest BCUT2D eigenvalue weighted by molar-refractivity contribution is 9.10. The van der Waals surface area contributed by atoms with Crippen LogP contribution in [0.4, 0.5) is 11.5 Å². The maximum atomic E-state index is 5.84. The number of nitrogen functional groups attached to an aromatic ring is 1. The molecule has 76 valence electrons. The van der Waals surface area contributed by atoms with Crippen LogP contribution < -0.4 is 10.6 Å². The van der Waals surface area contributed by atoms with Crippen LogP contribution >= 0.6 is 15.9 Å². The molecule has 0 radical (unpaired) electrons. The van der Waals surface area contributed by atoms with Gasteiger partial charge in [0.2, 0.25) is 0 Å². The zero-order valence-corrected chi connectivity index (χ0v) is 9.49. The van der Waals surface area contributed by atoms with Crippen LogP contribution in [-0.2, 0) is 4.74 Å². The molecule has 5 heteroatoms. The van der Waals surface area contributed by atoms with E-state index in [2.05, 4.69) is 25.8 Å². The number of halogens is 1. The summed E-state index contributed by atoms with van der Waals surface area (Å²) in [5, 5.41) is 0. The Bertz CT molecular complexity index is 339. The Morgan fingerprint density at radius 2 is 2.36 bits per heavy atom. The molecule has 14 heavy (non-hydrogen) atoms. The first-order valence-electron chi connectivity index (χ1n) is 4.39. The van der Waals surface area contributed by atoms with Gasteiger partial charge in [-0.15, -0.1) is 0 Å². The molecule has 2 heterocycles. The van der Waals surface area contributed by atoms with Crippen LogP contribution in [0.5, 0.6) is 0 Å². The van der Waals surface area contributed by atoms with Crippen LogP contribution in [0, 0.1) is 0 Å². The van der Waals surface area contributed by atoms with Crippen LogP contribution in [0.25, 0.3) is 0 Å². The molecule has 0 spiro atoms. The fourth-order valence-corrected chi connectivity index (χ4v) is 1.82. The minimum Gasteiger partial charge on any atom is -0.396 e. The molecule has 2 rings (SSSR count). The number of nitrogens with two attached hydrogens (primary N) is 1. The molecule has 1 aromatic heterocycles. The zero-order chi connectivity index (χ0) is 10.1. The summed E-state index contributed by atoms with van der Waals surface area (Å²) in [4.78, 5) is 6.37. The number of ether oxygens (including phenoxy) is 1. The van der Waals surface area contributed by atoms with E-state index in [-0.39, 0.29) is 0 Å². The lowest BCUT2D eigenvalue weighted by Crippen LogP contribution is -2.52. The summed E-state index contributed by atoms with van der Waals surface area (Å²) in [5.41, 5.74) is 6.55. The Balaban J connectivity index is 2.11. The van der Waals surface area contributed by atoms with Gasteiger partial charge in [0.25, 0.3) is 0 Å². The predicted molar refractivity (Wildman–Crippen MR) is 59.4 cm³/mol. The molecule has 1 aromatic rings. The van der Waals surface area contributed by atoms with E-state index in [0.717, 1.165) is 23.4 Å². The van der Waals surface area contributed by atoms with E-state index < -0.39 is 0 Å². The Morgan fingerprint density at radius 1 is 1.64 bits per heavy atom. The first-order valence-corrected chi connectivity index (χ1v) is 5.18. The molecule has 4 nitrogen and oxygen atoms in total. The smallest absolute Gasteiger partial charge is 0.152 e. The van der Waals surface area contributed by atoms with Crippen molar-refractivity contribution < 1.29 is 4.74 Å². The summed E-state index contributed by atoms with van der Waals surface area (Å²) in [6.07, 6.45) is 2.08. The van der Waals surface area contributed by atoms with E-state index >= 15 is 0 Å². The summed E-state index contributed by atoms with van der Waals surface area (Å²) in [6.45, 7) is 1.74. The van der Waals surface area contributed by atoms with Gasteiger partial charge in [0.15, 0.2) is 5.82 Å². The summed E-state index contributed by atoms with van der Waals surface area (Å²) < 4.78 is 6.09. The summed E-state index contributed by atoms with van der Waals surface area (Å²) >= 11 is 3.33. The standard InChI is InChI=1S/C9H12BrN3O/c1-14-7-4-13(5-7)9-8(11)2-6(10)3-12-9/h2-3,7H,4-5,11H2,1H3. The molecule has 0 unspecified atom stereocenters. The lowest BCUT2D eigenvalue weighted by atomic mass is 10.1. The maximum Gasteiger partial charge on any atom is 0.152 e. The van der Waals surface area contributed by atoms with Crippen molar-refractivity contribution in [2.24, 2.45) is 0 Å². The van der Waals surface area contributed by atoms with Crippen LogP contribution in [0.3, 0.4) is 0 Å². The van der Waals surface area contributed by atoms with E-state index in [9.17, 15) is 0 Å². The summed E-state index contributed by atoms with van der Waals surface area (Å²) in [5.74, 6) is 0.849. The minimum atomic E-state index is 0.319. The third-order valence-corrected chi connectivity index (χ3v) is 2.78. The van der Waals surface area contributed by atoms with E-state index in [1.54, 1.807) is 13.3 Å². The van der Waals surface area contributed by atoms with Crippen molar-refractivity contribution in [2.45, 2.75) is 6.10 Å². The minimum absolute atomic E-state index is 0.319. The van der Waals surface area contributed by atoms with Crippen LogP contribution in [-0.4, -0.2) is 31.3 Å². The lowest BCUT2D eigenvalue weighted by Gasteiger charge is -2.39. The topological polar surface area (TPSA) is 51.4 Å². The predicted octanol–water partition coefficient (Wildman–Crippen LogP) is 1.26. The molecule has 0 atom stereocenters. The van der Waals surface area contributed by atoms with Crippen LogP contribution in [0.2, 0.25) is 0 Å². The van der Waals surface area contributed by atoms with Gasteiger partial charge in [0.1, 0.15) is 0 Å². The molecular weight excluding hydrogens is 246 g/mol. The number of pyridine rings is 1. The molecule has 1 fully saturated rings. The lowest BCUT2D eigenvalue weighted by molar-refractivity contribution is 0.0784. The number of rotatable bonds is 2. The van der Waals surface area contributed by atoms with Gasteiger partial charge in [0.05, 0.1) is 11.8 Å². The Morgan fingerprint density at radius 3 is 2.93 bits per heavy atom. The second kappa shape index (κ2) is 3.74. The highest BCUT2D eigenvalue weighted by Crippen LogP contribution is 2.27. The molecule has 1 aliphatic heterocycles. The third-order valence-electron chi connectivity index (χ3n) is 2.34. The number of aromatic nitrogens is 1. The molecule has 0 aliphatic carbocycles. The van der Waals surface area contributed by atoms with Gasteiger partial charge in [0, 0.05) is 30.9 Å². The van der Waals surface area contributed by atoms with Crippen LogP contribution in [0.1, 0.15) is 0 Å². The molecule has 0 saturated carbocycles. The molecule has 1 aliphatic rings. The molecule has 2 N–H and O–H groups in total. The van der Waals surface area contributed by atoms with E-state index in [4.69, 9.17) is 10.5 Å². The third kappa shape index (κ3) is 1.69. The van der Waals surface area contributed by atoms with Gasteiger partial charge in [-0.25, -0.2) is 4.98 Å². The van der Waals surface area contributed by atoms with Crippen molar-refractivity contribution in [2.75, 3.05) is 30.8 Å². The van der Waals surface area contributed by atoms with Gasteiger partial charge in [-0.1, -0.05) is 0 Å². The number of hydrogen-bond donors (Lipinski definition) is 1. The van der Waals surface area contributed by atoms with Crippen molar-refractivity contribution in [3.8, 4) is 0 Å². The van der Waals surface area contributed by atoms with E-state index in [1.807, 2.05) is 6.07 Å². The van der Waals surface area contributed by atoms with Gasteiger partial charge in [-0.3, -0.25) is 0 Å². The monoisotopic (exact) mass is 257 g/mol. The highest BCUT2D eigenvalue weighted by atomic mass is 79.9. The van der Waals surface area contributed by atoms with Crippen LogP contribution in [0.15, 0.2) is 16.7 Å². The second-order valence-corrected chi connectivity index (χ2v) is 4.24. The van der Waals surface area contributed by atoms with E-state index in [0.29, 0.717) is 11.8 Å². The average molecular weight is 258 g/mol. The fourth-order valence-electron chi connectivity index (χ4n) is 1.47. The van der Waals surface area contributed by atoms with Crippen molar-refractivity contribution in [3.63, 3.8) is 0 Å². The van der Waals surface area contributed by atoms with Crippen molar-refractivity contribution in [1.29, 1.82) is 0 Å². The van der Waals surface area contributed by atoms with Crippen molar-refractivity contribution in [3.05, 3.63) is 16.7 Å². The number of nitrogens with zero attached hydrogens (tertiary/aromatic N) is 2. The first kappa shape index (κ1) is 9.73. The SMILES string of the molecule is COC1CN(c2ncc(Br)cc2N)C1. The molecular formula is C9H12BrN3O. The molecule has 0 amide bonds. The van der Waals surface area contributed by atoms with Gasteiger partial charge in [-0.05, 0) is 22.0 Å². The summed E-state index contributed by atoms with van der Waals surface area (Å²) in [7, 11) is 1.72. The van der Waals surface area contributed by atoms with Gasteiger partial charge >= 0.3 is 0 Å². The van der Waals surface area contributed by atoms with Crippen molar-refractivity contribution in [1.82, 2.24) is 4.98 Å². The van der Waals surface area contributed by atoms with Gasteiger partial charge in [-0.2, -0.15) is 0 Å². The second-order valence-electron chi connectivity index (χ2n) is 3.33.